The number of unbranched alkanes of at least 4 members (excludes halogenated alkanes) is 14. The van der Waals surface area contributed by atoms with Gasteiger partial charge in [0.2, 0.25) is 0 Å². The molecule has 1 saturated heterocycles. The van der Waals surface area contributed by atoms with E-state index in [1.807, 2.05) is 0 Å². The van der Waals surface area contributed by atoms with Crippen molar-refractivity contribution >= 4 is 0 Å². The zero-order valence-corrected chi connectivity index (χ0v) is 20.1. The van der Waals surface area contributed by atoms with Gasteiger partial charge in [0.05, 0.1) is 13.2 Å². The van der Waals surface area contributed by atoms with Crippen LogP contribution in [-0.2, 0) is 9.47 Å². The first-order valence-corrected chi connectivity index (χ1v) is 13.0. The summed E-state index contributed by atoms with van der Waals surface area (Å²) >= 11 is 0. The first-order valence-electron chi connectivity index (χ1n) is 13.0. The molecule has 1 aliphatic heterocycles. The molecule has 0 radical (unpaired) electrons. The van der Waals surface area contributed by atoms with E-state index >= 15 is 0 Å². The molecule has 0 saturated carbocycles. The van der Waals surface area contributed by atoms with Gasteiger partial charge >= 0.3 is 0 Å². The van der Waals surface area contributed by atoms with Crippen molar-refractivity contribution in [2.75, 3.05) is 19.8 Å². The number of hydrogen-bond acceptors (Lipinski definition) is 5. The molecule has 31 heavy (non-hydrogen) atoms. The molecule has 1 rings (SSSR count). The van der Waals surface area contributed by atoms with Crippen molar-refractivity contribution in [1.82, 2.24) is 0 Å². The predicted octanol–water partition coefficient (Wildman–Crippen LogP) is 5.30. The first kappa shape index (κ1) is 28.6. The molecule has 5 nitrogen and oxygen atoms in total. The molecule has 5 heteroatoms. The lowest BCUT2D eigenvalue weighted by Crippen LogP contribution is -2.54. The van der Waals surface area contributed by atoms with Crippen LogP contribution in [0, 0.1) is 0 Å². The normalized spacial score (nSPS) is 24.3. The van der Waals surface area contributed by atoms with Crippen LogP contribution in [0.2, 0.25) is 0 Å². The molecule has 0 aromatic carbocycles. The summed E-state index contributed by atoms with van der Waals surface area (Å²) in [5, 5.41) is 28.9. The van der Waals surface area contributed by atoms with Crippen molar-refractivity contribution in [3.8, 4) is 0 Å². The summed E-state index contributed by atoms with van der Waals surface area (Å²) in [6.07, 6.45) is 21.8. The lowest BCUT2D eigenvalue weighted by atomic mass is 10.0. The van der Waals surface area contributed by atoms with Crippen molar-refractivity contribution < 1.29 is 24.8 Å². The Hall–Kier alpha value is -0.460. The van der Waals surface area contributed by atoms with E-state index in [0.29, 0.717) is 6.61 Å². The van der Waals surface area contributed by atoms with Gasteiger partial charge in [0.25, 0.3) is 0 Å². The van der Waals surface area contributed by atoms with E-state index in [4.69, 9.17) is 9.47 Å². The van der Waals surface area contributed by atoms with E-state index in [-0.39, 0.29) is 13.2 Å². The van der Waals surface area contributed by atoms with Crippen LogP contribution in [0.5, 0.6) is 0 Å². The zero-order valence-electron chi connectivity index (χ0n) is 20.1. The molecule has 0 spiro atoms. The van der Waals surface area contributed by atoms with Gasteiger partial charge in [-0.2, -0.15) is 0 Å². The van der Waals surface area contributed by atoms with Crippen LogP contribution in [0.4, 0.5) is 0 Å². The zero-order chi connectivity index (χ0) is 22.6. The van der Waals surface area contributed by atoms with E-state index < -0.39 is 24.4 Å². The van der Waals surface area contributed by atoms with E-state index in [1.165, 1.54) is 96.3 Å². The highest BCUT2D eigenvalue weighted by Crippen LogP contribution is 2.16. The number of rotatable bonds is 20. The van der Waals surface area contributed by atoms with Crippen molar-refractivity contribution in [3.05, 3.63) is 12.2 Å². The summed E-state index contributed by atoms with van der Waals surface area (Å²) in [5.74, 6) is 0. The minimum atomic E-state index is -1.15. The molecule has 4 atom stereocenters. The van der Waals surface area contributed by atoms with E-state index in [9.17, 15) is 15.3 Å². The minimum absolute atomic E-state index is 0.0438. The molecule has 0 aromatic rings. The predicted molar refractivity (Wildman–Crippen MR) is 127 cm³/mol. The van der Waals surface area contributed by atoms with Crippen LogP contribution in [0.1, 0.15) is 110 Å². The molecule has 0 amide bonds. The second-order valence-corrected chi connectivity index (χ2v) is 9.14. The number of aliphatic hydroxyl groups is 3. The maximum atomic E-state index is 9.85. The van der Waals surface area contributed by atoms with Crippen LogP contribution in [-0.4, -0.2) is 59.6 Å². The van der Waals surface area contributed by atoms with Gasteiger partial charge in [0.1, 0.15) is 24.4 Å². The number of allylic oxidation sites excluding steroid dienone is 2. The van der Waals surface area contributed by atoms with Crippen molar-refractivity contribution in [2.45, 2.75) is 134 Å². The summed E-state index contributed by atoms with van der Waals surface area (Å²) < 4.78 is 10.9. The number of ether oxygens (including phenoxy) is 2. The Morgan fingerprint density at radius 3 is 1.81 bits per heavy atom. The van der Waals surface area contributed by atoms with Crippen molar-refractivity contribution in [1.29, 1.82) is 0 Å². The highest BCUT2D eigenvalue weighted by atomic mass is 16.6. The average molecular weight is 443 g/mol. The Balaban J connectivity index is 1.76. The Bertz CT molecular complexity index is 415. The van der Waals surface area contributed by atoms with Gasteiger partial charge < -0.3 is 24.8 Å². The first-order chi connectivity index (χ1) is 15.2. The molecule has 1 aliphatic rings. The maximum Gasteiger partial charge on any atom is 0.111 e. The fourth-order valence-electron chi connectivity index (χ4n) is 4.02. The van der Waals surface area contributed by atoms with Crippen LogP contribution in [0.15, 0.2) is 12.2 Å². The standard InChI is InChI=1S/C26H50O5/c1-2-3-4-5-6-7-8-9-10-11-12-13-14-15-16-17-18-19-20-30-22-24-26(29)25(28)23(27)21-31-24/h8-9,23-29H,2-7,10-22H2,1H3/b9-8+/t23-,24+,25+,26+/m1/s1. The molecule has 0 aliphatic carbocycles. The largest absolute Gasteiger partial charge is 0.388 e. The van der Waals surface area contributed by atoms with Gasteiger partial charge in [-0.1, -0.05) is 89.7 Å². The third kappa shape index (κ3) is 15.1. The molecule has 1 heterocycles. The maximum absolute atomic E-state index is 9.85. The fraction of sp³-hybridized carbons (Fsp3) is 0.923. The molecule has 0 bridgehead atoms. The lowest BCUT2D eigenvalue weighted by Gasteiger charge is -2.35. The summed E-state index contributed by atoms with van der Waals surface area (Å²) in [5.41, 5.74) is 0. The lowest BCUT2D eigenvalue weighted by molar-refractivity contribution is -0.199. The van der Waals surface area contributed by atoms with Crippen LogP contribution < -0.4 is 0 Å². The quantitative estimate of drug-likeness (QED) is 0.176. The highest BCUT2D eigenvalue weighted by Gasteiger charge is 2.37. The molecule has 3 N–H and O–H groups in total. The minimum Gasteiger partial charge on any atom is -0.388 e. The Labute approximate surface area is 191 Å². The van der Waals surface area contributed by atoms with E-state index in [1.54, 1.807) is 0 Å². The Kier molecular flexibility index (Phi) is 18.6. The van der Waals surface area contributed by atoms with E-state index in [2.05, 4.69) is 19.1 Å². The van der Waals surface area contributed by atoms with Gasteiger partial charge in [0.15, 0.2) is 0 Å². The van der Waals surface area contributed by atoms with E-state index in [0.717, 1.165) is 6.42 Å². The number of hydrogen-bond donors (Lipinski definition) is 3. The fourth-order valence-corrected chi connectivity index (χ4v) is 4.02. The third-order valence-corrected chi connectivity index (χ3v) is 6.19. The second kappa shape index (κ2) is 20.2. The number of aliphatic hydroxyl groups excluding tert-OH is 3. The molecular weight excluding hydrogens is 392 g/mol. The van der Waals surface area contributed by atoms with Crippen LogP contribution in [0.25, 0.3) is 0 Å². The van der Waals surface area contributed by atoms with Crippen LogP contribution >= 0.6 is 0 Å². The van der Waals surface area contributed by atoms with Gasteiger partial charge in [-0.25, -0.2) is 0 Å². The second-order valence-electron chi connectivity index (χ2n) is 9.14. The summed E-state index contributed by atoms with van der Waals surface area (Å²) in [4.78, 5) is 0. The van der Waals surface area contributed by atoms with Gasteiger partial charge in [-0.05, 0) is 32.1 Å². The monoisotopic (exact) mass is 442 g/mol. The van der Waals surface area contributed by atoms with Crippen molar-refractivity contribution in [2.24, 2.45) is 0 Å². The van der Waals surface area contributed by atoms with Gasteiger partial charge in [-0.15, -0.1) is 0 Å². The molecule has 0 unspecified atom stereocenters. The average Bonchev–Trinajstić information content (AvgIpc) is 2.77. The Morgan fingerprint density at radius 1 is 0.710 bits per heavy atom. The third-order valence-electron chi connectivity index (χ3n) is 6.19. The van der Waals surface area contributed by atoms with Crippen molar-refractivity contribution in [3.63, 3.8) is 0 Å². The smallest absolute Gasteiger partial charge is 0.111 e. The molecular formula is C26H50O5. The van der Waals surface area contributed by atoms with Crippen LogP contribution in [0.3, 0.4) is 0 Å². The topological polar surface area (TPSA) is 79.2 Å². The Morgan fingerprint density at radius 2 is 1.23 bits per heavy atom. The molecule has 184 valence electrons. The van der Waals surface area contributed by atoms with Gasteiger partial charge in [0, 0.05) is 6.61 Å². The molecule has 0 aromatic heterocycles. The molecule has 1 fully saturated rings. The highest BCUT2D eigenvalue weighted by molar-refractivity contribution is 4.86. The summed E-state index contributed by atoms with van der Waals surface area (Å²) in [6, 6.07) is 0. The SMILES string of the molecule is CCCCCCC/C=C/CCCCCCCCCCCOC[C@@H]1OC[C@@H](O)[C@H](O)[C@H]1O. The van der Waals surface area contributed by atoms with Gasteiger partial charge in [-0.3, -0.25) is 0 Å². The summed E-state index contributed by atoms with van der Waals surface area (Å²) in [7, 11) is 0. The summed E-state index contributed by atoms with van der Waals surface area (Å²) in [6.45, 7) is 3.22.